The van der Waals surface area contributed by atoms with Crippen molar-refractivity contribution in [3.63, 3.8) is 0 Å². The van der Waals surface area contributed by atoms with Gasteiger partial charge in [-0.2, -0.15) is 0 Å². The average molecular weight is 234 g/mol. The molecule has 0 aromatic heterocycles. The molecule has 0 saturated carbocycles. The molecule has 0 heterocycles. The Labute approximate surface area is 107 Å². The summed E-state index contributed by atoms with van der Waals surface area (Å²) in [7, 11) is 0. The quantitative estimate of drug-likeness (QED) is 0.589. The molecule has 2 aromatic rings. The van der Waals surface area contributed by atoms with Gasteiger partial charge < -0.3 is 11.5 Å². The second kappa shape index (κ2) is 5.60. The lowest BCUT2D eigenvalue weighted by Gasteiger charge is -1.93. The highest BCUT2D eigenvalue weighted by Crippen LogP contribution is 2.07. The highest BCUT2D eigenvalue weighted by Gasteiger charge is 1.86. The van der Waals surface area contributed by atoms with Crippen LogP contribution in [0, 0.1) is 11.8 Å². The predicted octanol–water partition coefficient (Wildman–Crippen LogP) is 2.92. The summed E-state index contributed by atoms with van der Waals surface area (Å²) >= 11 is 0. The molecule has 4 N–H and O–H groups in total. The van der Waals surface area contributed by atoms with E-state index in [0.717, 1.165) is 22.5 Å². The molecule has 0 aliphatic carbocycles. The molecule has 0 radical (unpaired) electrons. The van der Waals surface area contributed by atoms with Crippen LogP contribution < -0.4 is 11.5 Å². The number of rotatable bonds is 1. The molecule has 2 nitrogen and oxygen atoms in total. The molecule has 0 atom stereocenters. The van der Waals surface area contributed by atoms with Gasteiger partial charge in [0.05, 0.1) is 0 Å². The third-order valence-corrected chi connectivity index (χ3v) is 2.42. The summed E-state index contributed by atoms with van der Waals surface area (Å²) < 4.78 is 0. The van der Waals surface area contributed by atoms with Gasteiger partial charge in [-0.1, -0.05) is 24.0 Å². The Hall–Kier alpha value is -2.66. The lowest BCUT2D eigenvalue weighted by molar-refractivity contribution is 1.63. The lowest BCUT2D eigenvalue weighted by Crippen LogP contribution is -1.83. The third kappa shape index (κ3) is 3.43. The van der Waals surface area contributed by atoms with E-state index in [4.69, 9.17) is 11.5 Å². The molecule has 18 heavy (non-hydrogen) atoms. The zero-order valence-electron chi connectivity index (χ0n) is 9.93. The van der Waals surface area contributed by atoms with Gasteiger partial charge in [-0.3, -0.25) is 0 Å². The highest BCUT2D eigenvalue weighted by molar-refractivity contribution is 5.56. The van der Waals surface area contributed by atoms with Gasteiger partial charge >= 0.3 is 0 Å². The molecule has 0 bridgehead atoms. The van der Waals surface area contributed by atoms with E-state index in [-0.39, 0.29) is 0 Å². The smallest absolute Gasteiger partial charge is 0.0314 e. The molecular formula is C16H14N2. The van der Waals surface area contributed by atoms with E-state index in [9.17, 15) is 0 Å². The number of allylic oxidation sites excluding steroid dienone is 1. The molecule has 0 aliphatic rings. The van der Waals surface area contributed by atoms with Crippen LogP contribution in [0.2, 0.25) is 0 Å². The minimum Gasteiger partial charge on any atom is -0.399 e. The van der Waals surface area contributed by atoms with Crippen LogP contribution >= 0.6 is 0 Å². The monoisotopic (exact) mass is 234 g/mol. The molecule has 0 amide bonds. The number of anilines is 2. The van der Waals surface area contributed by atoms with Crippen molar-refractivity contribution in [2.75, 3.05) is 11.5 Å². The summed E-state index contributed by atoms with van der Waals surface area (Å²) in [6.45, 7) is 0. The number of nitrogen functional groups attached to an aromatic ring is 2. The van der Waals surface area contributed by atoms with Crippen molar-refractivity contribution in [3.8, 4) is 11.8 Å². The Morgan fingerprint density at radius 2 is 1.33 bits per heavy atom. The first-order chi connectivity index (χ1) is 8.74. The first-order valence-corrected chi connectivity index (χ1v) is 5.63. The van der Waals surface area contributed by atoms with Crippen molar-refractivity contribution in [1.82, 2.24) is 0 Å². The maximum Gasteiger partial charge on any atom is 0.0314 e. The Kier molecular flexibility index (Phi) is 3.68. The van der Waals surface area contributed by atoms with Gasteiger partial charge in [0.2, 0.25) is 0 Å². The normalized spacial score (nSPS) is 10.0. The fraction of sp³-hybridized carbons (Fsp3) is 0. The fourth-order valence-corrected chi connectivity index (χ4v) is 1.44. The first kappa shape index (κ1) is 11.8. The van der Waals surface area contributed by atoms with E-state index in [1.165, 1.54) is 0 Å². The summed E-state index contributed by atoms with van der Waals surface area (Å²) in [5, 5.41) is 0. The van der Waals surface area contributed by atoms with E-state index < -0.39 is 0 Å². The number of nitrogens with two attached hydrogens (primary N) is 2. The maximum absolute atomic E-state index is 5.61. The summed E-state index contributed by atoms with van der Waals surface area (Å²) in [6.07, 6.45) is 3.77. The molecule has 0 saturated heterocycles. The second-order valence-electron chi connectivity index (χ2n) is 3.89. The standard InChI is InChI=1S/C16H14N2/c17-15-9-5-13(6-10-15)3-1-2-4-14-7-11-16(18)12-8-14/h1,3,5-12H,17-18H2. The van der Waals surface area contributed by atoms with E-state index in [2.05, 4.69) is 11.8 Å². The van der Waals surface area contributed by atoms with Crippen molar-refractivity contribution < 1.29 is 0 Å². The minimum absolute atomic E-state index is 0.748. The van der Waals surface area contributed by atoms with E-state index in [0.29, 0.717) is 0 Å². The molecular weight excluding hydrogens is 220 g/mol. The van der Waals surface area contributed by atoms with Crippen LogP contribution in [0.4, 0.5) is 11.4 Å². The van der Waals surface area contributed by atoms with Gasteiger partial charge in [-0.15, -0.1) is 0 Å². The molecule has 88 valence electrons. The van der Waals surface area contributed by atoms with Crippen LogP contribution in [0.15, 0.2) is 54.6 Å². The van der Waals surface area contributed by atoms with E-state index in [1.807, 2.05) is 60.7 Å². The Balaban J connectivity index is 2.03. The second-order valence-corrected chi connectivity index (χ2v) is 3.89. The largest absolute Gasteiger partial charge is 0.399 e. The fourth-order valence-electron chi connectivity index (χ4n) is 1.44. The van der Waals surface area contributed by atoms with Crippen LogP contribution in [0.3, 0.4) is 0 Å². The Morgan fingerprint density at radius 1 is 0.778 bits per heavy atom. The first-order valence-electron chi connectivity index (χ1n) is 5.63. The minimum atomic E-state index is 0.748. The molecule has 0 unspecified atom stereocenters. The van der Waals surface area contributed by atoms with Crippen molar-refractivity contribution in [1.29, 1.82) is 0 Å². The van der Waals surface area contributed by atoms with Crippen molar-refractivity contribution in [2.24, 2.45) is 0 Å². The van der Waals surface area contributed by atoms with Crippen molar-refractivity contribution in [3.05, 3.63) is 65.7 Å². The predicted molar refractivity (Wildman–Crippen MR) is 77.6 cm³/mol. The molecule has 2 heteroatoms. The number of hydrogen-bond acceptors (Lipinski definition) is 2. The number of hydrogen-bond donors (Lipinski definition) is 2. The van der Waals surface area contributed by atoms with Gasteiger partial charge in [0.25, 0.3) is 0 Å². The van der Waals surface area contributed by atoms with Crippen molar-refractivity contribution >= 4 is 17.5 Å². The van der Waals surface area contributed by atoms with Gasteiger partial charge in [0.1, 0.15) is 0 Å². The molecule has 2 aromatic carbocycles. The summed E-state index contributed by atoms with van der Waals surface area (Å²) in [5.41, 5.74) is 14.7. The van der Waals surface area contributed by atoms with Gasteiger partial charge in [0.15, 0.2) is 0 Å². The van der Waals surface area contributed by atoms with Crippen LogP contribution in [0.25, 0.3) is 6.08 Å². The molecule has 2 rings (SSSR count). The zero-order valence-corrected chi connectivity index (χ0v) is 9.93. The van der Waals surface area contributed by atoms with Crippen molar-refractivity contribution in [2.45, 2.75) is 0 Å². The van der Waals surface area contributed by atoms with Crippen LogP contribution in [-0.2, 0) is 0 Å². The maximum atomic E-state index is 5.61. The van der Waals surface area contributed by atoms with Gasteiger partial charge in [0, 0.05) is 16.9 Å². The summed E-state index contributed by atoms with van der Waals surface area (Å²) in [6, 6.07) is 15.1. The Bertz CT molecular complexity index is 596. The zero-order chi connectivity index (χ0) is 12.8. The third-order valence-electron chi connectivity index (χ3n) is 2.42. The SMILES string of the molecule is Nc1ccc(C#CC=Cc2ccc(N)cc2)cc1. The van der Waals surface area contributed by atoms with Gasteiger partial charge in [-0.05, 0) is 54.1 Å². The number of benzene rings is 2. The topological polar surface area (TPSA) is 52.0 Å². The molecule has 0 fully saturated rings. The van der Waals surface area contributed by atoms with Crippen LogP contribution in [-0.4, -0.2) is 0 Å². The van der Waals surface area contributed by atoms with E-state index >= 15 is 0 Å². The lowest BCUT2D eigenvalue weighted by atomic mass is 10.2. The highest BCUT2D eigenvalue weighted by atomic mass is 14.5. The summed E-state index contributed by atoms with van der Waals surface area (Å²) in [4.78, 5) is 0. The van der Waals surface area contributed by atoms with Crippen LogP contribution in [0.5, 0.6) is 0 Å². The average Bonchev–Trinajstić information content (AvgIpc) is 2.39. The summed E-state index contributed by atoms with van der Waals surface area (Å²) in [5.74, 6) is 6.02. The molecule has 0 aliphatic heterocycles. The molecule has 0 spiro atoms. The van der Waals surface area contributed by atoms with E-state index in [1.54, 1.807) is 0 Å². The van der Waals surface area contributed by atoms with Gasteiger partial charge in [-0.25, -0.2) is 0 Å². The van der Waals surface area contributed by atoms with Crippen LogP contribution in [0.1, 0.15) is 11.1 Å². The Morgan fingerprint density at radius 3 is 1.94 bits per heavy atom.